The second kappa shape index (κ2) is 8.73. The quantitative estimate of drug-likeness (QED) is 0.816. The molecule has 1 saturated carbocycles. The van der Waals surface area contributed by atoms with Crippen molar-refractivity contribution in [2.45, 2.75) is 50.2 Å². The van der Waals surface area contributed by atoms with Crippen molar-refractivity contribution in [1.82, 2.24) is 0 Å². The average Bonchev–Trinajstić information content (AvgIpc) is 2.69. The van der Waals surface area contributed by atoms with Crippen LogP contribution in [0.25, 0.3) is 0 Å². The van der Waals surface area contributed by atoms with Crippen molar-refractivity contribution in [3.05, 3.63) is 59.7 Å². The first-order valence-corrected chi connectivity index (χ1v) is 9.15. The minimum atomic E-state index is -0.804. The van der Waals surface area contributed by atoms with Crippen LogP contribution in [0.2, 0.25) is 0 Å². The molecule has 1 N–H and O–H groups in total. The number of benzene rings is 2. The molecule has 3 rings (SSSR count). The van der Waals surface area contributed by atoms with E-state index in [9.17, 15) is 5.11 Å². The van der Waals surface area contributed by atoms with Crippen molar-refractivity contribution in [2.24, 2.45) is 0 Å². The Bertz CT molecular complexity index is 746. The lowest BCUT2D eigenvalue weighted by atomic mass is 9.83. The molecule has 4 nitrogen and oxygen atoms in total. The Kier molecular flexibility index (Phi) is 6.14. The number of aliphatic hydroxyl groups is 1. The molecule has 0 amide bonds. The number of hydrogen-bond donors (Lipinski definition) is 1. The van der Waals surface area contributed by atoms with Crippen LogP contribution in [0.15, 0.2) is 48.5 Å². The normalized spacial score (nSPS) is 20.8. The van der Waals surface area contributed by atoms with E-state index in [1.54, 1.807) is 25.3 Å². The van der Waals surface area contributed by atoms with E-state index >= 15 is 0 Å². The van der Waals surface area contributed by atoms with Gasteiger partial charge in [-0.05, 0) is 54.9 Å². The SMILES string of the molecule is COc1ccc(C(O)CC#N)cc1OC1CCC(c2ccccc2)CC1. The zero-order chi connectivity index (χ0) is 18.4. The topological polar surface area (TPSA) is 62.5 Å². The van der Waals surface area contributed by atoms with Crippen LogP contribution in [-0.2, 0) is 0 Å². The van der Waals surface area contributed by atoms with Gasteiger partial charge in [-0.2, -0.15) is 5.26 Å². The predicted molar refractivity (Wildman–Crippen MR) is 100 cm³/mol. The summed E-state index contributed by atoms with van der Waals surface area (Å²) in [5.74, 6) is 1.90. The summed E-state index contributed by atoms with van der Waals surface area (Å²) in [4.78, 5) is 0. The summed E-state index contributed by atoms with van der Waals surface area (Å²) in [6.45, 7) is 0. The maximum atomic E-state index is 10.1. The second-order valence-corrected chi connectivity index (χ2v) is 6.79. The van der Waals surface area contributed by atoms with Crippen LogP contribution in [0.1, 0.15) is 55.3 Å². The van der Waals surface area contributed by atoms with Crippen LogP contribution in [0, 0.1) is 11.3 Å². The van der Waals surface area contributed by atoms with Gasteiger partial charge in [0.1, 0.15) is 0 Å². The zero-order valence-corrected chi connectivity index (χ0v) is 15.1. The van der Waals surface area contributed by atoms with Gasteiger partial charge in [0.05, 0.1) is 31.8 Å². The molecule has 0 heterocycles. The van der Waals surface area contributed by atoms with Crippen LogP contribution < -0.4 is 9.47 Å². The third-order valence-electron chi connectivity index (χ3n) is 5.10. The van der Waals surface area contributed by atoms with E-state index in [2.05, 4.69) is 30.3 Å². The largest absolute Gasteiger partial charge is 0.493 e. The van der Waals surface area contributed by atoms with Crippen LogP contribution in [-0.4, -0.2) is 18.3 Å². The Labute approximate surface area is 155 Å². The van der Waals surface area contributed by atoms with Gasteiger partial charge >= 0.3 is 0 Å². The minimum absolute atomic E-state index is 0.0634. The van der Waals surface area contributed by atoms with E-state index in [4.69, 9.17) is 14.7 Å². The lowest BCUT2D eigenvalue weighted by Crippen LogP contribution is -2.23. The van der Waals surface area contributed by atoms with E-state index in [-0.39, 0.29) is 12.5 Å². The molecule has 26 heavy (non-hydrogen) atoms. The molecule has 0 radical (unpaired) electrons. The molecule has 0 bridgehead atoms. The number of ether oxygens (including phenoxy) is 2. The molecular weight excluding hydrogens is 326 g/mol. The zero-order valence-electron chi connectivity index (χ0n) is 15.1. The summed E-state index contributed by atoms with van der Waals surface area (Å²) in [7, 11) is 1.61. The summed E-state index contributed by atoms with van der Waals surface area (Å²) < 4.78 is 11.6. The number of nitriles is 1. The summed E-state index contributed by atoms with van der Waals surface area (Å²) in [6.07, 6.45) is 3.60. The van der Waals surface area contributed by atoms with Crippen LogP contribution in [0.5, 0.6) is 11.5 Å². The second-order valence-electron chi connectivity index (χ2n) is 6.79. The number of rotatable bonds is 6. The highest BCUT2D eigenvalue weighted by Crippen LogP contribution is 2.37. The lowest BCUT2D eigenvalue weighted by Gasteiger charge is -2.30. The van der Waals surface area contributed by atoms with Gasteiger partial charge in [0.2, 0.25) is 0 Å². The number of aliphatic hydroxyl groups excluding tert-OH is 1. The highest BCUT2D eigenvalue weighted by atomic mass is 16.5. The van der Waals surface area contributed by atoms with Crippen molar-refractivity contribution in [3.63, 3.8) is 0 Å². The van der Waals surface area contributed by atoms with E-state index in [0.29, 0.717) is 23.0 Å². The van der Waals surface area contributed by atoms with Crippen molar-refractivity contribution in [1.29, 1.82) is 5.26 Å². The van der Waals surface area contributed by atoms with Gasteiger partial charge in [-0.15, -0.1) is 0 Å². The summed E-state index contributed by atoms with van der Waals surface area (Å²) >= 11 is 0. The van der Waals surface area contributed by atoms with Crippen LogP contribution >= 0.6 is 0 Å². The summed E-state index contributed by atoms with van der Waals surface area (Å²) in [6, 6.07) is 18.0. The Morgan fingerprint density at radius 3 is 2.46 bits per heavy atom. The molecule has 1 fully saturated rings. The van der Waals surface area contributed by atoms with Gasteiger partial charge in [-0.1, -0.05) is 36.4 Å². The van der Waals surface area contributed by atoms with Gasteiger partial charge < -0.3 is 14.6 Å². The van der Waals surface area contributed by atoms with E-state index in [1.165, 1.54) is 5.56 Å². The molecule has 0 spiro atoms. The van der Waals surface area contributed by atoms with Crippen molar-refractivity contribution in [2.75, 3.05) is 7.11 Å². The molecule has 1 aliphatic carbocycles. The maximum Gasteiger partial charge on any atom is 0.161 e. The number of nitrogens with zero attached hydrogens (tertiary/aromatic N) is 1. The molecule has 0 saturated heterocycles. The fourth-order valence-corrected chi connectivity index (χ4v) is 3.62. The third kappa shape index (κ3) is 4.36. The molecule has 1 aliphatic rings. The van der Waals surface area contributed by atoms with Crippen LogP contribution in [0.3, 0.4) is 0 Å². The number of hydrogen-bond acceptors (Lipinski definition) is 4. The Morgan fingerprint density at radius 1 is 1.08 bits per heavy atom. The highest BCUT2D eigenvalue weighted by molar-refractivity contribution is 5.44. The first kappa shape index (κ1) is 18.3. The molecule has 1 unspecified atom stereocenters. The van der Waals surface area contributed by atoms with Crippen molar-refractivity contribution >= 4 is 0 Å². The minimum Gasteiger partial charge on any atom is -0.493 e. The monoisotopic (exact) mass is 351 g/mol. The maximum absolute atomic E-state index is 10.1. The molecular formula is C22H25NO3. The molecule has 4 heteroatoms. The molecule has 0 aliphatic heterocycles. The van der Waals surface area contributed by atoms with Gasteiger partial charge in [0.15, 0.2) is 11.5 Å². The summed E-state index contributed by atoms with van der Waals surface area (Å²) in [5, 5.41) is 18.8. The van der Waals surface area contributed by atoms with Gasteiger partial charge in [-0.3, -0.25) is 0 Å². The van der Waals surface area contributed by atoms with Gasteiger partial charge in [-0.25, -0.2) is 0 Å². The molecule has 0 aromatic heterocycles. The van der Waals surface area contributed by atoms with E-state index < -0.39 is 6.10 Å². The smallest absolute Gasteiger partial charge is 0.161 e. The Morgan fingerprint density at radius 2 is 1.81 bits per heavy atom. The molecule has 1 atom stereocenters. The molecule has 2 aromatic carbocycles. The third-order valence-corrected chi connectivity index (χ3v) is 5.10. The first-order chi connectivity index (χ1) is 12.7. The Balaban J connectivity index is 1.65. The van der Waals surface area contributed by atoms with Gasteiger partial charge in [0.25, 0.3) is 0 Å². The average molecular weight is 351 g/mol. The molecule has 136 valence electrons. The van der Waals surface area contributed by atoms with Crippen LogP contribution in [0.4, 0.5) is 0 Å². The predicted octanol–water partition coefficient (Wildman–Crippen LogP) is 4.75. The van der Waals surface area contributed by atoms with Crippen molar-refractivity contribution in [3.8, 4) is 17.6 Å². The molecule has 2 aromatic rings. The highest BCUT2D eigenvalue weighted by Gasteiger charge is 2.24. The lowest BCUT2D eigenvalue weighted by molar-refractivity contribution is 0.140. The standard InChI is InChI=1S/C22H25NO3/c1-25-21-12-9-18(20(24)13-14-23)15-22(21)26-19-10-7-17(8-11-19)16-5-3-2-4-6-16/h2-6,9,12,15,17,19-20,24H,7-8,10-11,13H2,1H3. The fraction of sp³-hybridized carbons (Fsp3) is 0.409. The first-order valence-electron chi connectivity index (χ1n) is 9.15. The summed E-state index contributed by atoms with van der Waals surface area (Å²) in [5.41, 5.74) is 2.09. The van der Waals surface area contributed by atoms with E-state index in [0.717, 1.165) is 25.7 Å². The fourth-order valence-electron chi connectivity index (χ4n) is 3.62. The number of methoxy groups -OCH3 is 1. The van der Waals surface area contributed by atoms with E-state index in [1.807, 2.05) is 6.07 Å². The Hall–Kier alpha value is -2.51. The van der Waals surface area contributed by atoms with Crippen molar-refractivity contribution < 1.29 is 14.6 Å². The van der Waals surface area contributed by atoms with Gasteiger partial charge in [0, 0.05) is 0 Å².